The molecule has 3 aromatic rings. The normalized spacial score (nSPS) is 13.4. The number of nitrogens with zero attached hydrogens (tertiary/aromatic N) is 1. The first-order valence-electron chi connectivity index (χ1n) is 10.3. The molecule has 0 saturated carbocycles. The first-order valence-corrected chi connectivity index (χ1v) is 11.1. The minimum Gasteiger partial charge on any atom is -0.376 e. The van der Waals surface area contributed by atoms with Crippen LogP contribution in [0.25, 0.3) is 0 Å². The molecular formula is C25H24BrN3O2. The highest BCUT2D eigenvalue weighted by atomic mass is 79.9. The quantitative estimate of drug-likeness (QED) is 0.528. The zero-order valence-corrected chi connectivity index (χ0v) is 18.9. The van der Waals surface area contributed by atoms with Gasteiger partial charge in [-0.15, -0.1) is 0 Å². The number of carbonyl (C=O) groups is 2. The van der Waals surface area contributed by atoms with E-state index in [2.05, 4.69) is 32.6 Å². The summed E-state index contributed by atoms with van der Waals surface area (Å²) in [6, 6.07) is 23.1. The standard InChI is InChI=1S/C25H24BrN3O2/c1-17(18-6-10-21(26)11-7-18)28-24(30)16-27-22-12-8-20(9-13-22)25(31)29-15-14-19-4-2-3-5-23(19)29/h2-13,17,27H,14-16H2,1H3,(H,28,30). The van der Waals surface area contributed by atoms with Crippen molar-refractivity contribution < 1.29 is 9.59 Å². The van der Waals surface area contributed by atoms with Crippen LogP contribution < -0.4 is 15.5 Å². The Morgan fingerprint density at radius 2 is 1.71 bits per heavy atom. The first-order chi connectivity index (χ1) is 15.0. The largest absolute Gasteiger partial charge is 0.376 e. The van der Waals surface area contributed by atoms with Gasteiger partial charge < -0.3 is 15.5 Å². The predicted octanol–water partition coefficient (Wildman–Crippen LogP) is 4.94. The second-order valence-electron chi connectivity index (χ2n) is 7.61. The van der Waals surface area contributed by atoms with Gasteiger partial charge in [0.15, 0.2) is 0 Å². The maximum absolute atomic E-state index is 12.9. The Morgan fingerprint density at radius 1 is 1.00 bits per heavy atom. The first kappa shape index (κ1) is 21.1. The summed E-state index contributed by atoms with van der Waals surface area (Å²) in [5.74, 6) is -0.0955. The summed E-state index contributed by atoms with van der Waals surface area (Å²) in [5, 5.41) is 6.10. The molecule has 0 saturated heterocycles. The number of amides is 2. The van der Waals surface area contributed by atoms with Crippen LogP contribution in [0.1, 0.15) is 34.5 Å². The van der Waals surface area contributed by atoms with E-state index < -0.39 is 0 Å². The van der Waals surface area contributed by atoms with Gasteiger partial charge in [0.1, 0.15) is 0 Å². The lowest BCUT2D eigenvalue weighted by Crippen LogP contribution is -2.32. The van der Waals surface area contributed by atoms with E-state index in [1.165, 1.54) is 5.56 Å². The molecule has 0 spiro atoms. The number of halogens is 1. The molecule has 1 atom stereocenters. The van der Waals surface area contributed by atoms with E-state index in [1.807, 2.05) is 66.4 Å². The van der Waals surface area contributed by atoms with Crippen LogP contribution in [0.4, 0.5) is 11.4 Å². The van der Waals surface area contributed by atoms with Crippen LogP contribution in [0, 0.1) is 0 Å². The number of carbonyl (C=O) groups excluding carboxylic acids is 2. The van der Waals surface area contributed by atoms with Gasteiger partial charge in [0.25, 0.3) is 5.91 Å². The molecule has 2 N–H and O–H groups in total. The second-order valence-corrected chi connectivity index (χ2v) is 8.52. The summed E-state index contributed by atoms with van der Waals surface area (Å²) < 4.78 is 1.01. The summed E-state index contributed by atoms with van der Waals surface area (Å²) in [5.41, 5.74) is 4.67. The zero-order valence-electron chi connectivity index (χ0n) is 17.3. The molecule has 0 aromatic heterocycles. The molecule has 6 heteroatoms. The molecule has 158 valence electrons. The lowest BCUT2D eigenvalue weighted by atomic mass is 10.1. The minimum absolute atomic E-state index is 0.00225. The predicted molar refractivity (Wildman–Crippen MR) is 127 cm³/mol. The molecule has 2 amide bonds. The van der Waals surface area contributed by atoms with Gasteiger partial charge in [-0.05, 0) is 66.9 Å². The van der Waals surface area contributed by atoms with Gasteiger partial charge >= 0.3 is 0 Å². The van der Waals surface area contributed by atoms with E-state index >= 15 is 0 Å². The van der Waals surface area contributed by atoms with Crippen molar-refractivity contribution in [3.63, 3.8) is 0 Å². The average Bonchev–Trinajstić information content (AvgIpc) is 3.22. The topological polar surface area (TPSA) is 61.4 Å². The lowest BCUT2D eigenvalue weighted by molar-refractivity contribution is -0.120. The van der Waals surface area contributed by atoms with Crippen LogP contribution in [-0.4, -0.2) is 24.9 Å². The van der Waals surface area contributed by atoms with Crippen LogP contribution in [0.5, 0.6) is 0 Å². The molecule has 3 aromatic carbocycles. The third-order valence-electron chi connectivity index (χ3n) is 5.46. The Balaban J connectivity index is 1.31. The fourth-order valence-corrected chi connectivity index (χ4v) is 4.01. The van der Waals surface area contributed by atoms with E-state index in [-0.39, 0.29) is 24.4 Å². The molecule has 4 rings (SSSR count). The fourth-order valence-electron chi connectivity index (χ4n) is 3.75. The van der Waals surface area contributed by atoms with Crippen molar-refractivity contribution in [1.82, 2.24) is 5.32 Å². The fraction of sp³-hybridized carbons (Fsp3) is 0.200. The smallest absolute Gasteiger partial charge is 0.258 e. The van der Waals surface area contributed by atoms with Crippen molar-refractivity contribution in [3.8, 4) is 0 Å². The zero-order chi connectivity index (χ0) is 21.8. The third-order valence-corrected chi connectivity index (χ3v) is 5.99. The number of rotatable bonds is 6. The van der Waals surface area contributed by atoms with Crippen LogP contribution in [0.15, 0.2) is 77.3 Å². The SMILES string of the molecule is CC(NC(=O)CNc1ccc(C(=O)N2CCc3ccccc32)cc1)c1ccc(Br)cc1. The maximum Gasteiger partial charge on any atom is 0.258 e. The monoisotopic (exact) mass is 477 g/mol. The Kier molecular flexibility index (Phi) is 6.37. The molecule has 0 bridgehead atoms. The van der Waals surface area contributed by atoms with E-state index in [1.54, 1.807) is 12.1 Å². The van der Waals surface area contributed by atoms with Crippen LogP contribution in [0.2, 0.25) is 0 Å². The molecule has 1 aliphatic heterocycles. The number of hydrogen-bond acceptors (Lipinski definition) is 3. The van der Waals surface area contributed by atoms with Gasteiger partial charge in [-0.3, -0.25) is 9.59 Å². The molecule has 1 heterocycles. The average molecular weight is 478 g/mol. The number of fused-ring (bicyclic) bond motifs is 1. The molecule has 1 aliphatic rings. The van der Waals surface area contributed by atoms with Crippen molar-refractivity contribution in [2.75, 3.05) is 23.3 Å². The van der Waals surface area contributed by atoms with Crippen molar-refractivity contribution in [2.24, 2.45) is 0 Å². The van der Waals surface area contributed by atoms with Gasteiger partial charge in [0.2, 0.25) is 5.91 Å². The van der Waals surface area contributed by atoms with Crippen molar-refractivity contribution in [1.29, 1.82) is 0 Å². The van der Waals surface area contributed by atoms with Crippen molar-refractivity contribution in [2.45, 2.75) is 19.4 Å². The van der Waals surface area contributed by atoms with Crippen LogP contribution in [0.3, 0.4) is 0 Å². The number of hydrogen-bond donors (Lipinski definition) is 2. The summed E-state index contributed by atoms with van der Waals surface area (Å²) in [6.45, 7) is 2.82. The molecular weight excluding hydrogens is 454 g/mol. The highest BCUT2D eigenvalue weighted by Crippen LogP contribution is 2.29. The molecule has 0 aliphatic carbocycles. The van der Waals surface area contributed by atoms with Gasteiger partial charge in [-0.1, -0.05) is 46.3 Å². The summed E-state index contributed by atoms with van der Waals surface area (Å²) >= 11 is 3.42. The summed E-state index contributed by atoms with van der Waals surface area (Å²) in [4.78, 5) is 27.0. The second kappa shape index (κ2) is 9.35. The number of para-hydroxylation sites is 1. The lowest BCUT2D eigenvalue weighted by Gasteiger charge is -2.18. The maximum atomic E-state index is 12.9. The third kappa shape index (κ3) is 4.97. The molecule has 0 fully saturated rings. The van der Waals surface area contributed by atoms with E-state index in [4.69, 9.17) is 0 Å². The molecule has 31 heavy (non-hydrogen) atoms. The van der Waals surface area contributed by atoms with Gasteiger partial charge in [-0.25, -0.2) is 0 Å². The van der Waals surface area contributed by atoms with E-state index in [0.29, 0.717) is 12.1 Å². The number of anilines is 2. The van der Waals surface area contributed by atoms with Crippen LogP contribution >= 0.6 is 15.9 Å². The highest BCUT2D eigenvalue weighted by molar-refractivity contribution is 9.10. The molecule has 1 unspecified atom stereocenters. The van der Waals surface area contributed by atoms with Gasteiger partial charge in [-0.2, -0.15) is 0 Å². The Bertz CT molecular complexity index is 1080. The van der Waals surface area contributed by atoms with Crippen molar-refractivity contribution >= 4 is 39.1 Å². The van der Waals surface area contributed by atoms with Crippen molar-refractivity contribution in [3.05, 3.63) is 94.0 Å². The van der Waals surface area contributed by atoms with E-state index in [0.717, 1.165) is 27.8 Å². The molecule has 5 nitrogen and oxygen atoms in total. The number of benzene rings is 3. The highest BCUT2D eigenvalue weighted by Gasteiger charge is 2.24. The Morgan fingerprint density at radius 3 is 2.45 bits per heavy atom. The van der Waals surface area contributed by atoms with Gasteiger partial charge in [0.05, 0.1) is 12.6 Å². The Hall–Kier alpha value is -3.12. The minimum atomic E-state index is -0.0933. The summed E-state index contributed by atoms with van der Waals surface area (Å²) in [7, 11) is 0. The number of nitrogens with one attached hydrogen (secondary N) is 2. The van der Waals surface area contributed by atoms with Gasteiger partial charge in [0, 0.05) is 28.0 Å². The van der Waals surface area contributed by atoms with Crippen LogP contribution in [-0.2, 0) is 11.2 Å². The Labute approximate surface area is 190 Å². The van der Waals surface area contributed by atoms with E-state index in [9.17, 15) is 9.59 Å². The molecule has 0 radical (unpaired) electrons. The summed E-state index contributed by atoms with van der Waals surface area (Å²) in [6.07, 6.45) is 0.884.